The van der Waals surface area contributed by atoms with Gasteiger partial charge in [0, 0.05) is 24.6 Å². The molecule has 0 aliphatic rings. The molecule has 0 fully saturated rings. The number of hydrogen-bond donors (Lipinski definition) is 2. The van der Waals surface area contributed by atoms with Crippen molar-refractivity contribution in [2.45, 2.75) is 19.8 Å². The van der Waals surface area contributed by atoms with Crippen molar-refractivity contribution in [1.29, 1.82) is 0 Å². The topological polar surface area (TPSA) is 62.7 Å². The largest absolute Gasteiger partial charge is 0.469 e. The van der Waals surface area contributed by atoms with E-state index < -0.39 is 0 Å². The maximum Gasteiger partial charge on any atom is 0.310 e. The van der Waals surface area contributed by atoms with Crippen molar-refractivity contribution in [1.82, 2.24) is 10.6 Å². The van der Waals surface area contributed by atoms with Crippen LogP contribution in [0.4, 0.5) is 4.39 Å². The number of carbonyl (C=O) groups is 1. The van der Waals surface area contributed by atoms with Gasteiger partial charge in [-0.2, -0.15) is 0 Å². The zero-order valence-corrected chi connectivity index (χ0v) is 15.2. The number of carbonyl (C=O) groups excluding carboxylic acids is 1. The lowest BCUT2D eigenvalue weighted by molar-refractivity contribution is -0.144. The van der Waals surface area contributed by atoms with Crippen LogP contribution in [0.2, 0.25) is 0 Å². The van der Waals surface area contributed by atoms with Gasteiger partial charge >= 0.3 is 5.97 Å². The molecule has 1 aromatic rings. The first-order valence-electron chi connectivity index (χ1n) is 7.44. The number of rotatable bonds is 7. The van der Waals surface area contributed by atoms with Crippen LogP contribution < -0.4 is 10.6 Å². The second-order valence-corrected chi connectivity index (χ2v) is 6.06. The molecule has 1 rings (SSSR count). The van der Waals surface area contributed by atoms with Crippen LogP contribution >= 0.6 is 15.9 Å². The summed E-state index contributed by atoms with van der Waals surface area (Å²) in [5.41, 5.74) is 0.692. The van der Waals surface area contributed by atoms with Crippen molar-refractivity contribution >= 4 is 27.9 Å². The van der Waals surface area contributed by atoms with Gasteiger partial charge in [-0.3, -0.25) is 9.79 Å². The minimum atomic E-state index is -0.265. The van der Waals surface area contributed by atoms with Gasteiger partial charge in [-0.15, -0.1) is 0 Å². The van der Waals surface area contributed by atoms with E-state index in [-0.39, 0.29) is 17.7 Å². The van der Waals surface area contributed by atoms with Gasteiger partial charge in [0.15, 0.2) is 5.96 Å². The van der Waals surface area contributed by atoms with E-state index in [0.717, 1.165) is 10.9 Å². The van der Waals surface area contributed by atoms with E-state index in [1.165, 1.54) is 13.2 Å². The number of aryl methyl sites for hydroxylation is 1. The summed E-state index contributed by atoms with van der Waals surface area (Å²) in [6.45, 7) is 2.87. The molecule has 23 heavy (non-hydrogen) atoms. The molecule has 0 bridgehead atoms. The molecule has 0 heterocycles. The van der Waals surface area contributed by atoms with Crippen molar-refractivity contribution in [3.8, 4) is 0 Å². The maximum absolute atomic E-state index is 13.7. The third-order valence-electron chi connectivity index (χ3n) is 3.33. The molecular weight excluding hydrogens is 365 g/mol. The Morgan fingerprint density at radius 3 is 2.78 bits per heavy atom. The van der Waals surface area contributed by atoms with Gasteiger partial charge < -0.3 is 15.4 Å². The Hall–Kier alpha value is -1.63. The Labute approximate surface area is 144 Å². The van der Waals surface area contributed by atoms with E-state index in [0.29, 0.717) is 31.0 Å². The molecule has 1 aromatic carbocycles. The first kappa shape index (κ1) is 19.4. The monoisotopic (exact) mass is 387 g/mol. The summed E-state index contributed by atoms with van der Waals surface area (Å²) >= 11 is 3.24. The summed E-state index contributed by atoms with van der Waals surface area (Å²) in [6.07, 6.45) is 1.41. The summed E-state index contributed by atoms with van der Waals surface area (Å²) in [4.78, 5) is 15.4. The molecule has 0 saturated heterocycles. The van der Waals surface area contributed by atoms with Crippen LogP contribution in [0, 0.1) is 11.7 Å². The number of aliphatic imine (C=N–C) groups is 1. The van der Waals surface area contributed by atoms with Crippen molar-refractivity contribution < 1.29 is 13.9 Å². The van der Waals surface area contributed by atoms with Gasteiger partial charge in [-0.25, -0.2) is 4.39 Å². The highest BCUT2D eigenvalue weighted by Gasteiger charge is 2.13. The minimum Gasteiger partial charge on any atom is -0.469 e. The van der Waals surface area contributed by atoms with E-state index in [1.54, 1.807) is 20.0 Å². The molecule has 0 aliphatic heterocycles. The SMILES string of the molecule is CN=C(NCCCc1ccc(Br)cc1F)NCC(C)C(=O)OC. The van der Waals surface area contributed by atoms with E-state index in [4.69, 9.17) is 0 Å². The normalized spacial score (nSPS) is 12.7. The molecular formula is C16H23BrFN3O2. The van der Waals surface area contributed by atoms with Crippen molar-refractivity contribution in [3.05, 3.63) is 34.1 Å². The fourth-order valence-corrected chi connectivity index (χ4v) is 2.30. The number of nitrogens with zero attached hydrogens (tertiary/aromatic N) is 1. The fourth-order valence-electron chi connectivity index (χ4n) is 1.96. The second-order valence-electron chi connectivity index (χ2n) is 5.14. The smallest absolute Gasteiger partial charge is 0.310 e. The number of benzene rings is 1. The zero-order valence-electron chi connectivity index (χ0n) is 13.7. The van der Waals surface area contributed by atoms with Crippen LogP contribution in [0.1, 0.15) is 18.9 Å². The van der Waals surface area contributed by atoms with Crippen molar-refractivity contribution in [2.75, 3.05) is 27.2 Å². The summed E-state index contributed by atoms with van der Waals surface area (Å²) < 4.78 is 19.1. The Morgan fingerprint density at radius 1 is 1.43 bits per heavy atom. The average molecular weight is 388 g/mol. The van der Waals surface area contributed by atoms with Crippen LogP contribution in [0.5, 0.6) is 0 Å². The zero-order chi connectivity index (χ0) is 17.2. The molecule has 0 aromatic heterocycles. The van der Waals surface area contributed by atoms with Crippen molar-refractivity contribution in [2.24, 2.45) is 10.9 Å². The third kappa shape index (κ3) is 6.99. The molecule has 2 N–H and O–H groups in total. The molecule has 5 nitrogen and oxygen atoms in total. The molecule has 0 saturated carbocycles. The van der Waals surface area contributed by atoms with Gasteiger partial charge in [-0.1, -0.05) is 28.9 Å². The highest BCUT2D eigenvalue weighted by molar-refractivity contribution is 9.10. The Morgan fingerprint density at radius 2 is 2.17 bits per heavy atom. The number of guanidine groups is 1. The Balaban J connectivity index is 2.31. The predicted molar refractivity (Wildman–Crippen MR) is 93.0 cm³/mol. The van der Waals surface area contributed by atoms with Gasteiger partial charge in [0.1, 0.15) is 5.82 Å². The summed E-state index contributed by atoms with van der Waals surface area (Å²) in [5, 5.41) is 6.20. The third-order valence-corrected chi connectivity index (χ3v) is 3.83. The average Bonchev–Trinajstić information content (AvgIpc) is 2.54. The van der Waals surface area contributed by atoms with Crippen LogP contribution in [0.3, 0.4) is 0 Å². The molecule has 1 atom stereocenters. The lowest BCUT2D eigenvalue weighted by Crippen LogP contribution is -2.41. The van der Waals surface area contributed by atoms with Gasteiger partial charge in [0.25, 0.3) is 0 Å². The number of methoxy groups -OCH3 is 1. The highest BCUT2D eigenvalue weighted by Crippen LogP contribution is 2.16. The first-order chi connectivity index (χ1) is 11.0. The van der Waals surface area contributed by atoms with Crippen LogP contribution in [-0.2, 0) is 16.0 Å². The fraction of sp³-hybridized carbons (Fsp3) is 0.500. The first-order valence-corrected chi connectivity index (χ1v) is 8.23. The van der Waals surface area contributed by atoms with Crippen molar-refractivity contribution in [3.63, 3.8) is 0 Å². The summed E-state index contributed by atoms with van der Waals surface area (Å²) in [5.74, 6) is -0.111. The highest BCUT2D eigenvalue weighted by atomic mass is 79.9. The minimum absolute atomic E-state index is 0.200. The van der Waals surface area contributed by atoms with Crippen LogP contribution in [0.25, 0.3) is 0 Å². The van der Waals surface area contributed by atoms with Gasteiger partial charge in [0.2, 0.25) is 0 Å². The summed E-state index contributed by atoms with van der Waals surface area (Å²) in [7, 11) is 3.03. The Kier molecular flexibility index (Phi) is 8.61. The van der Waals surface area contributed by atoms with Gasteiger partial charge in [0.05, 0.1) is 13.0 Å². The standard InChI is InChI=1S/C16H23BrFN3O2/c1-11(15(22)23-3)10-21-16(19-2)20-8-4-5-12-6-7-13(17)9-14(12)18/h6-7,9,11H,4-5,8,10H2,1-3H3,(H2,19,20,21). The Bertz CT molecular complexity index is 552. The number of hydrogen-bond acceptors (Lipinski definition) is 3. The van der Waals surface area contributed by atoms with E-state index in [2.05, 4.69) is 36.3 Å². The van der Waals surface area contributed by atoms with Crippen LogP contribution in [0.15, 0.2) is 27.7 Å². The lowest BCUT2D eigenvalue weighted by atomic mass is 10.1. The molecule has 7 heteroatoms. The second kappa shape index (κ2) is 10.2. The number of nitrogens with one attached hydrogen (secondary N) is 2. The molecule has 0 aliphatic carbocycles. The quantitative estimate of drug-likeness (QED) is 0.326. The van der Waals surface area contributed by atoms with Crippen LogP contribution in [-0.4, -0.2) is 39.2 Å². The van der Waals surface area contributed by atoms with Gasteiger partial charge in [-0.05, 0) is 30.5 Å². The number of ether oxygens (including phenoxy) is 1. The molecule has 1 unspecified atom stereocenters. The number of esters is 1. The summed E-state index contributed by atoms with van der Waals surface area (Å²) in [6, 6.07) is 5.09. The molecule has 0 radical (unpaired) electrons. The predicted octanol–water partition coefficient (Wildman–Crippen LogP) is 2.49. The maximum atomic E-state index is 13.7. The van der Waals surface area contributed by atoms with E-state index >= 15 is 0 Å². The number of halogens is 2. The van der Waals surface area contributed by atoms with E-state index in [1.807, 2.05) is 6.07 Å². The lowest BCUT2D eigenvalue weighted by Gasteiger charge is -2.14. The molecule has 0 amide bonds. The molecule has 128 valence electrons. The van der Waals surface area contributed by atoms with E-state index in [9.17, 15) is 9.18 Å². The molecule has 0 spiro atoms.